The van der Waals surface area contributed by atoms with Crippen LogP contribution in [-0.2, 0) is 11.3 Å². The molecule has 0 radical (unpaired) electrons. The minimum absolute atomic E-state index is 0.501. The zero-order valence-electron chi connectivity index (χ0n) is 7.03. The highest BCUT2D eigenvalue weighted by Crippen LogP contribution is 2.12. The normalized spacial score (nSPS) is 9.50. The number of rotatable bonds is 3. The second kappa shape index (κ2) is 3.88. The molecule has 2 N–H and O–H groups in total. The van der Waals surface area contributed by atoms with Gasteiger partial charge < -0.3 is 10.6 Å². The summed E-state index contributed by atoms with van der Waals surface area (Å²) in [7, 11) is 1.71. The van der Waals surface area contributed by atoms with Crippen molar-refractivity contribution in [3.8, 4) is 0 Å². The van der Waals surface area contributed by atoms with Crippen molar-refractivity contribution in [2.24, 2.45) is 5.73 Å². The van der Waals surface area contributed by atoms with E-state index in [0.29, 0.717) is 6.54 Å². The van der Waals surface area contributed by atoms with E-state index in [1.807, 2.05) is 24.3 Å². The Balaban J connectivity index is 2.93. The van der Waals surface area contributed by atoms with Gasteiger partial charge in [-0.1, -0.05) is 12.1 Å². The first kappa shape index (κ1) is 8.74. The molecule has 0 aliphatic rings. The van der Waals surface area contributed by atoms with Crippen LogP contribution in [0.2, 0.25) is 0 Å². The van der Waals surface area contributed by atoms with Gasteiger partial charge in [0.1, 0.15) is 0 Å². The molecule has 64 valence electrons. The number of nitrogens with two attached hydrogens (primary N) is 1. The molecule has 12 heavy (non-hydrogen) atoms. The third-order valence-corrected chi connectivity index (χ3v) is 1.71. The summed E-state index contributed by atoms with van der Waals surface area (Å²) in [6, 6.07) is 7.58. The zero-order chi connectivity index (χ0) is 8.97. The van der Waals surface area contributed by atoms with Crippen LogP contribution in [-0.4, -0.2) is 13.5 Å². The van der Waals surface area contributed by atoms with Gasteiger partial charge in [0, 0.05) is 19.3 Å². The second-order valence-corrected chi connectivity index (χ2v) is 2.59. The fraction of sp³-hybridized carbons (Fsp3) is 0.222. The first-order valence-electron chi connectivity index (χ1n) is 3.75. The topological polar surface area (TPSA) is 46.3 Å². The van der Waals surface area contributed by atoms with Crippen molar-refractivity contribution in [2.75, 3.05) is 11.9 Å². The Morgan fingerprint density at radius 2 is 2.33 bits per heavy atom. The third-order valence-electron chi connectivity index (χ3n) is 1.71. The molecular formula is C9H12N2O. The Hall–Kier alpha value is -1.35. The van der Waals surface area contributed by atoms with Crippen LogP contribution in [0.15, 0.2) is 24.3 Å². The molecule has 1 rings (SSSR count). The molecule has 0 saturated carbocycles. The fourth-order valence-electron chi connectivity index (χ4n) is 0.964. The van der Waals surface area contributed by atoms with Gasteiger partial charge in [-0.2, -0.15) is 0 Å². The first-order chi connectivity index (χ1) is 5.77. The van der Waals surface area contributed by atoms with E-state index in [0.717, 1.165) is 17.7 Å². The molecule has 0 unspecified atom stereocenters. The molecule has 0 spiro atoms. The number of carbonyl (C=O) groups excluding carboxylic acids is 1. The van der Waals surface area contributed by atoms with Crippen LogP contribution in [0.5, 0.6) is 0 Å². The lowest BCUT2D eigenvalue weighted by Crippen LogP contribution is -2.13. The highest BCUT2D eigenvalue weighted by atomic mass is 16.1. The second-order valence-electron chi connectivity index (χ2n) is 2.59. The maximum absolute atomic E-state index is 10.4. The summed E-state index contributed by atoms with van der Waals surface area (Å²) in [4.78, 5) is 11.9. The molecule has 0 atom stereocenters. The quantitative estimate of drug-likeness (QED) is 0.670. The molecule has 0 aromatic heterocycles. The van der Waals surface area contributed by atoms with Gasteiger partial charge in [-0.15, -0.1) is 0 Å². The summed E-state index contributed by atoms with van der Waals surface area (Å²) < 4.78 is 0. The number of benzene rings is 1. The summed E-state index contributed by atoms with van der Waals surface area (Å²) in [6.45, 7) is 0.501. The van der Waals surface area contributed by atoms with E-state index in [1.54, 1.807) is 7.05 Å². The average molecular weight is 164 g/mol. The Labute approximate surface area is 71.8 Å². The molecule has 1 aromatic rings. The Morgan fingerprint density at radius 1 is 1.58 bits per heavy atom. The molecule has 0 fully saturated rings. The van der Waals surface area contributed by atoms with Gasteiger partial charge in [0.15, 0.2) is 0 Å². The molecule has 0 heterocycles. The minimum Gasteiger partial charge on any atom is -0.326 e. The van der Waals surface area contributed by atoms with Crippen molar-refractivity contribution in [3.05, 3.63) is 29.8 Å². The Bertz CT molecular complexity index is 273. The zero-order valence-corrected chi connectivity index (χ0v) is 7.03. The lowest BCUT2D eigenvalue weighted by atomic mass is 10.2. The van der Waals surface area contributed by atoms with Gasteiger partial charge in [0.2, 0.25) is 6.41 Å². The fourth-order valence-corrected chi connectivity index (χ4v) is 0.964. The van der Waals surface area contributed by atoms with Crippen LogP contribution in [0, 0.1) is 0 Å². The van der Waals surface area contributed by atoms with E-state index in [9.17, 15) is 4.79 Å². The van der Waals surface area contributed by atoms with Gasteiger partial charge in [-0.3, -0.25) is 4.79 Å². The van der Waals surface area contributed by atoms with Gasteiger partial charge in [-0.05, 0) is 17.7 Å². The number of carbonyl (C=O) groups is 1. The monoisotopic (exact) mass is 164 g/mol. The van der Waals surface area contributed by atoms with E-state index in [2.05, 4.69) is 0 Å². The van der Waals surface area contributed by atoms with Gasteiger partial charge in [0.05, 0.1) is 0 Å². The molecular weight excluding hydrogens is 152 g/mol. The SMILES string of the molecule is CN(C=O)c1cccc(CN)c1. The molecule has 3 heteroatoms. The first-order valence-corrected chi connectivity index (χ1v) is 3.75. The predicted molar refractivity (Wildman–Crippen MR) is 48.8 cm³/mol. The summed E-state index contributed by atoms with van der Waals surface area (Å²) >= 11 is 0. The highest BCUT2D eigenvalue weighted by Gasteiger charge is 1.97. The van der Waals surface area contributed by atoms with E-state index in [1.165, 1.54) is 4.90 Å². The van der Waals surface area contributed by atoms with Crippen LogP contribution in [0.1, 0.15) is 5.56 Å². The van der Waals surface area contributed by atoms with Crippen LogP contribution in [0.3, 0.4) is 0 Å². The number of hydrogen-bond donors (Lipinski definition) is 1. The van der Waals surface area contributed by atoms with Crippen molar-refractivity contribution >= 4 is 12.1 Å². The molecule has 1 amide bonds. The lowest BCUT2D eigenvalue weighted by molar-refractivity contribution is -0.107. The predicted octanol–water partition coefficient (Wildman–Crippen LogP) is 0.738. The molecule has 0 aliphatic heterocycles. The third kappa shape index (κ3) is 1.83. The van der Waals surface area contributed by atoms with E-state index in [4.69, 9.17) is 5.73 Å². The average Bonchev–Trinajstić information content (AvgIpc) is 2.17. The van der Waals surface area contributed by atoms with Crippen molar-refractivity contribution in [1.29, 1.82) is 0 Å². The maximum atomic E-state index is 10.4. The molecule has 3 nitrogen and oxygen atoms in total. The number of anilines is 1. The Morgan fingerprint density at radius 3 is 2.92 bits per heavy atom. The van der Waals surface area contributed by atoms with Crippen LogP contribution in [0.25, 0.3) is 0 Å². The van der Waals surface area contributed by atoms with E-state index < -0.39 is 0 Å². The maximum Gasteiger partial charge on any atom is 0.213 e. The van der Waals surface area contributed by atoms with Gasteiger partial charge in [-0.25, -0.2) is 0 Å². The highest BCUT2D eigenvalue weighted by molar-refractivity contribution is 5.74. The summed E-state index contributed by atoms with van der Waals surface area (Å²) in [5.41, 5.74) is 7.35. The van der Waals surface area contributed by atoms with Gasteiger partial charge in [0.25, 0.3) is 0 Å². The smallest absolute Gasteiger partial charge is 0.213 e. The van der Waals surface area contributed by atoms with Crippen LogP contribution in [0.4, 0.5) is 5.69 Å². The minimum atomic E-state index is 0.501. The summed E-state index contributed by atoms with van der Waals surface area (Å²) in [5, 5.41) is 0. The van der Waals surface area contributed by atoms with Gasteiger partial charge >= 0.3 is 0 Å². The molecule has 0 bridgehead atoms. The van der Waals surface area contributed by atoms with Crippen LogP contribution >= 0.6 is 0 Å². The largest absolute Gasteiger partial charge is 0.326 e. The van der Waals surface area contributed by atoms with Crippen molar-refractivity contribution < 1.29 is 4.79 Å². The molecule has 0 aliphatic carbocycles. The number of hydrogen-bond acceptors (Lipinski definition) is 2. The Kier molecular flexibility index (Phi) is 2.82. The van der Waals surface area contributed by atoms with E-state index >= 15 is 0 Å². The number of nitrogens with zero attached hydrogens (tertiary/aromatic N) is 1. The number of amides is 1. The lowest BCUT2D eigenvalue weighted by Gasteiger charge is -2.10. The van der Waals surface area contributed by atoms with E-state index in [-0.39, 0.29) is 0 Å². The van der Waals surface area contributed by atoms with Crippen molar-refractivity contribution in [1.82, 2.24) is 0 Å². The molecule has 1 aromatic carbocycles. The summed E-state index contributed by atoms with van der Waals surface area (Å²) in [6.07, 6.45) is 0.773. The van der Waals surface area contributed by atoms with Crippen molar-refractivity contribution in [2.45, 2.75) is 6.54 Å². The van der Waals surface area contributed by atoms with Crippen LogP contribution < -0.4 is 10.6 Å². The molecule has 0 saturated heterocycles. The standard InChI is InChI=1S/C9H12N2O/c1-11(7-12)9-4-2-3-8(5-9)6-10/h2-5,7H,6,10H2,1H3. The van der Waals surface area contributed by atoms with Crippen molar-refractivity contribution in [3.63, 3.8) is 0 Å². The summed E-state index contributed by atoms with van der Waals surface area (Å²) in [5.74, 6) is 0.